The lowest BCUT2D eigenvalue weighted by Gasteiger charge is -2.19. The quantitative estimate of drug-likeness (QED) is 0.782. The van der Waals surface area contributed by atoms with Gasteiger partial charge in [0.2, 0.25) is 0 Å². The zero-order valence-corrected chi connectivity index (χ0v) is 12.0. The van der Waals surface area contributed by atoms with Gasteiger partial charge in [0.1, 0.15) is 0 Å². The molecule has 1 aromatic heterocycles. The van der Waals surface area contributed by atoms with E-state index in [9.17, 15) is 0 Å². The lowest BCUT2D eigenvalue weighted by atomic mass is 9.87. The van der Waals surface area contributed by atoms with E-state index in [4.69, 9.17) is 0 Å². The molecule has 0 spiro atoms. The van der Waals surface area contributed by atoms with E-state index in [0.29, 0.717) is 0 Å². The van der Waals surface area contributed by atoms with E-state index in [1.807, 2.05) is 6.33 Å². The number of rotatable bonds is 2. The van der Waals surface area contributed by atoms with Crippen LogP contribution < -0.4 is 0 Å². The van der Waals surface area contributed by atoms with Crippen LogP contribution in [-0.2, 0) is 12.0 Å². The van der Waals surface area contributed by atoms with Gasteiger partial charge in [-0.1, -0.05) is 45.0 Å². The third-order valence-electron chi connectivity index (χ3n) is 3.52. The van der Waals surface area contributed by atoms with E-state index in [2.05, 4.69) is 68.4 Å². The highest BCUT2D eigenvalue weighted by Crippen LogP contribution is 2.22. The summed E-state index contributed by atoms with van der Waals surface area (Å²) in [5, 5.41) is 0. The summed E-state index contributed by atoms with van der Waals surface area (Å²) in [6, 6.07) is 8.90. The Bertz CT molecular complexity index is 527. The molecule has 0 aliphatic rings. The zero-order chi connectivity index (χ0) is 13.3. The summed E-state index contributed by atoms with van der Waals surface area (Å²) in [6.07, 6.45) is 1.92. The van der Waals surface area contributed by atoms with Crippen LogP contribution in [0.15, 0.2) is 30.6 Å². The minimum atomic E-state index is 0.222. The van der Waals surface area contributed by atoms with Crippen molar-refractivity contribution in [1.82, 2.24) is 9.55 Å². The monoisotopic (exact) mass is 242 g/mol. The van der Waals surface area contributed by atoms with Crippen molar-refractivity contribution in [3.63, 3.8) is 0 Å². The highest BCUT2D eigenvalue weighted by Gasteiger charge is 2.12. The summed E-state index contributed by atoms with van der Waals surface area (Å²) in [4.78, 5) is 4.33. The summed E-state index contributed by atoms with van der Waals surface area (Å²) in [5.41, 5.74) is 5.28. The van der Waals surface area contributed by atoms with Crippen LogP contribution in [0.4, 0.5) is 0 Å². The third kappa shape index (κ3) is 2.63. The predicted molar refractivity (Wildman–Crippen MR) is 75.9 cm³/mol. The number of benzene rings is 1. The maximum Gasteiger partial charge on any atom is 0.0954 e. The fourth-order valence-electron chi connectivity index (χ4n) is 2.01. The SMILES string of the molecule is Cc1ncn(Cc2ccc(C(C)(C)C)cc2)c1C. The Kier molecular flexibility index (Phi) is 3.29. The Balaban J connectivity index is 2.19. The molecule has 1 aromatic carbocycles. The molecule has 0 bridgehead atoms. The first-order chi connectivity index (χ1) is 8.38. The maximum absolute atomic E-state index is 4.33. The first-order valence-corrected chi connectivity index (χ1v) is 6.45. The van der Waals surface area contributed by atoms with Gasteiger partial charge < -0.3 is 4.57 Å². The van der Waals surface area contributed by atoms with Gasteiger partial charge in [0.25, 0.3) is 0 Å². The molecule has 0 radical (unpaired) electrons. The Hall–Kier alpha value is -1.57. The first kappa shape index (κ1) is 12.9. The molecule has 0 N–H and O–H groups in total. The molecule has 1 heterocycles. The van der Waals surface area contributed by atoms with Crippen LogP contribution in [0.1, 0.15) is 43.3 Å². The van der Waals surface area contributed by atoms with Crippen molar-refractivity contribution >= 4 is 0 Å². The van der Waals surface area contributed by atoms with E-state index >= 15 is 0 Å². The van der Waals surface area contributed by atoms with Gasteiger partial charge in [-0.2, -0.15) is 0 Å². The zero-order valence-electron chi connectivity index (χ0n) is 12.0. The van der Waals surface area contributed by atoms with Crippen molar-refractivity contribution in [2.75, 3.05) is 0 Å². The Morgan fingerprint density at radius 3 is 2.11 bits per heavy atom. The number of hydrogen-bond acceptors (Lipinski definition) is 1. The van der Waals surface area contributed by atoms with Crippen molar-refractivity contribution < 1.29 is 0 Å². The second kappa shape index (κ2) is 4.60. The summed E-state index contributed by atoms with van der Waals surface area (Å²) < 4.78 is 2.20. The van der Waals surface area contributed by atoms with Gasteiger partial charge in [-0.25, -0.2) is 4.98 Å². The maximum atomic E-state index is 4.33. The fraction of sp³-hybridized carbons (Fsp3) is 0.438. The van der Waals surface area contributed by atoms with E-state index in [1.54, 1.807) is 0 Å². The average molecular weight is 242 g/mol. The number of nitrogens with zero attached hydrogens (tertiary/aromatic N) is 2. The van der Waals surface area contributed by atoms with E-state index in [0.717, 1.165) is 12.2 Å². The smallest absolute Gasteiger partial charge is 0.0954 e. The predicted octanol–water partition coefficient (Wildman–Crippen LogP) is 3.85. The largest absolute Gasteiger partial charge is 0.330 e. The minimum Gasteiger partial charge on any atom is -0.330 e. The third-order valence-corrected chi connectivity index (χ3v) is 3.52. The van der Waals surface area contributed by atoms with Crippen molar-refractivity contribution in [2.45, 2.75) is 46.6 Å². The van der Waals surface area contributed by atoms with Crippen LogP contribution in [0, 0.1) is 13.8 Å². The Labute approximate surface area is 110 Å². The van der Waals surface area contributed by atoms with E-state index in [-0.39, 0.29) is 5.41 Å². The first-order valence-electron chi connectivity index (χ1n) is 6.45. The summed E-state index contributed by atoms with van der Waals surface area (Å²) in [5.74, 6) is 0. The summed E-state index contributed by atoms with van der Waals surface area (Å²) >= 11 is 0. The van der Waals surface area contributed by atoms with Gasteiger partial charge in [0.05, 0.1) is 12.0 Å². The lowest BCUT2D eigenvalue weighted by molar-refractivity contribution is 0.589. The van der Waals surface area contributed by atoms with E-state index < -0.39 is 0 Å². The molecule has 2 aromatic rings. The van der Waals surface area contributed by atoms with Crippen LogP contribution in [0.25, 0.3) is 0 Å². The number of imidazole rings is 1. The topological polar surface area (TPSA) is 17.8 Å². The van der Waals surface area contributed by atoms with Crippen LogP contribution in [0.3, 0.4) is 0 Å². The molecule has 0 aliphatic heterocycles. The molecule has 0 saturated heterocycles. The normalized spacial score (nSPS) is 11.8. The molecule has 2 heteroatoms. The second-order valence-corrected chi connectivity index (χ2v) is 5.99. The van der Waals surface area contributed by atoms with Crippen molar-refractivity contribution in [3.05, 3.63) is 53.1 Å². The number of hydrogen-bond donors (Lipinski definition) is 0. The van der Waals surface area contributed by atoms with Gasteiger partial charge in [-0.3, -0.25) is 0 Å². The minimum absolute atomic E-state index is 0.222. The molecule has 0 fully saturated rings. The molecule has 18 heavy (non-hydrogen) atoms. The van der Waals surface area contributed by atoms with Gasteiger partial charge in [0, 0.05) is 12.2 Å². The average Bonchev–Trinajstić information content (AvgIpc) is 2.61. The molecular weight excluding hydrogens is 220 g/mol. The van der Waals surface area contributed by atoms with Crippen LogP contribution in [0.5, 0.6) is 0 Å². The molecule has 0 saturated carbocycles. The fourth-order valence-corrected chi connectivity index (χ4v) is 2.01. The standard InChI is InChI=1S/C16H22N2/c1-12-13(2)18(11-17-12)10-14-6-8-15(9-7-14)16(3,4)5/h6-9,11H,10H2,1-5H3. The molecule has 96 valence electrons. The molecular formula is C16H22N2. The Morgan fingerprint density at radius 2 is 1.67 bits per heavy atom. The molecule has 0 unspecified atom stereocenters. The summed E-state index contributed by atoms with van der Waals surface area (Å²) in [7, 11) is 0. The van der Waals surface area contributed by atoms with Gasteiger partial charge in [0.15, 0.2) is 0 Å². The lowest BCUT2D eigenvalue weighted by Crippen LogP contribution is -2.11. The highest BCUT2D eigenvalue weighted by molar-refractivity contribution is 5.28. The molecule has 0 amide bonds. The number of aromatic nitrogens is 2. The van der Waals surface area contributed by atoms with Gasteiger partial charge in [-0.05, 0) is 30.4 Å². The molecule has 0 aliphatic carbocycles. The van der Waals surface area contributed by atoms with Crippen molar-refractivity contribution in [1.29, 1.82) is 0 Å². The van der Waals surface area contributed by atoms with Crippen molar-refractivity contribution in [2.24, 2.45) is 0 Å². The van der Waals surface area contributed by atoms with Gasteiger partial charge >= 0.3 is 0 Å². The van der Waals surface area contributed by atoms with E-state index in [1.165, 1.54) is 16.8 Å². The van der Waals surface area contributed by atoms with Crippen LogP contribution >= 0.6 is 0 Å². The van der Waals surface area contributed by atoms with Crippen molar-refractivity contribution in [3.8, 4) is 0 Å². The molecule has 2 nitrogen and oxygen atoms in total. The van der Waals surface area contributed by atoms with Crippen LogP contribution in [-0.4, -0.2) is 9.55 Å². The van der Waals surface area contributed by atoms with Gasteiger partial charge in [-0.15, -0.1) is 0 Å². The second-order valence-electron chi connectivity index (χ2n) is 5.99. The molecule has 2 rings (SSSR count). The highest BCUT2D eigenvalue weighted by atomic mass is 15.0. The summed E-state index contributed by atoms with van der Waals surface area (Å²) in [6.45, 7) is 11.8. The Morgan fingerprint density at radius 1 is 1.06 bits per heavy atom. The molecule has 0 atom stereocenters. The van der Waals surface area contributed by atoms with Crippen LogP contribution in [0.2, 0.25) is 0 Å². The number of aryl methyl sites for hydroxylation is 1.